The first-order chi connectivity index (χ1) is 21.8. The van der Waals surface area contributed by atoms with Crippen LogP contribution in [0.4, 0.5) is 0 Å². The van der Waals surface area contributed by atoms with Crippen LogP contribution in [0.2, 0.25) is 0 Å². The first-order valence-electron chi connectivity index (χ1n) is 16.1. The third kappa shape index (κ3) is 3.77. The molecule has 0 saturated heterocycles. The second-order valence-corrected chi connectivity index (χ2v) is 14.3. The molecule has 9 rings (SSSR count). The van der Waals surface area contributed by atoms with E-state index < -0.39 is 0 Å². The Hall–Kier alpha value is -5.01. The molecule has 0 atom stereocenters. The molecule has 1 aromatic heterocycles. The highest BCUT2D eigenvalue weighted by Crippen LogP contribution is 2.53. The molecule has 45 heavy (non-hydrogen) atoms. The molecule has 216 valence electrons. The third-order valence-electron chi connectivity index (χ3n) is 10.4. The van der Waals surface area contributed by atoms with Gasteiger partial charge in [0.25, 0.3) is 0 Å². The highest BCUT2D eigenvalue weighted by atomic mass is 14.7. The second kappa shape index (κ2) is 9.25. The lowest BCUT2D eigenvalue weighted by molar-refractivity contribution is 0.404. The maximum atomic E-state index is 5.19. The smallest absolute Gasteiger partial charge is 0.0711 e. The molecular weight excluding hydrogens is 542 g/mol. The van der Waals surface area contributed by atoms with Gasteiger partial charge in [-0.1, -0.05) is 137 Å². The lowest BCUT2D eigenvalue weighted by Gasteiger charge is -2.23. The van der Waals surface area contributed by atoms with E-state index >= 15 is 0 Å². The summed E-state index contributed by atoms with van der Waals surface area (Å²) in [4.78, 5) is 5.19. The summed E-state index contributed by atoms with van der Waals surface area (Å²) in [5.74, 6) is 0. The van der Waals surface area contributed by atoms with Crippen molar-refractivity contribution in [2.75, 3.05) is 0 Å². The Morgan fingerprint density at radius 3 is 1.53 bits per heavy atom. The Morgan fingerprint density at radius 2 is 0.956 bits per heavy atom. The zero-order valence-electron chi connectivity index (χ0n) is 26.3. The Kier molecular flexibility index (Phi) is 5.43. The van der Waals surface area contributed by atoms with Gasteiger partial charge in [-0.15, -0.1) is 0 Å². The number of hydrogen-bond acceptors (Lipinski definition) is 1. The molecular formula is C44H35N. The van der Waals surface area contributed by atoms with E-state index in [-0.39, 0.29) is 10.8 Å². The minimum absolute atomic E-state index is 0.0582. The summed E-state index contributed by atoms with van der Waals surface area (Å²) in [5, 5.41) is 11.4. The fourth-order valence-corrected chi connectivity index (χ4v) is 8.86. The number of nitrogens with zero attached hydrogens (tertiary/aromatic N) is 1. The third-order valence-corrected chi connectivity index (χ3v) is 10.4. The van der Waals surface area contributed by atoms with Gasteiger partial charge in [0.15, 0.2) is 0 Å². The molecule has 0 fully saturated rings. The molecule has 8 aromatic rings. The van der Waals surface area contributed by atoms with Crippen LogP contribution in [-0.4, -0.2) is 4.98 Å². The van der Waals surface area contributed by atoms with Crippen LogP contribution in [0.15, 0.2) is 128 Å². The van der Waals surface area contributed by atoms with E-state index in [4.69, 9.17) is 4.98 Å². The summed E-state index contributed by atoms with van der Waals surface area (Å²) in [5.41, 5.74) is 9.20. The predicted molar refractivity (Wildman–Crippen MR) is 193 cm³/mol. The molecule has 1 nitrogen and oxygen atoms in total. The van der Waals surface area contributed by atoms with Gasteiger partial charge in [-0.25, -0.2) is 0 Å². The molecule has 0 bridgehead atoms. The van der Waals surface area contributed by atoms with Crippen LogP contribution in [0.5, 0.6) is 0 Å². The maximum absolute atomic E-state index is 5.19. The zero-order valence-corrected chi connectivity index (χ0v) is 26.3. The highest BCUT2D eigenvalue weighted by Gasteiger charge is 2.43. The van der Waals surface area contributed by atoms with Gasteiger partial charge in [-0.05, 0) is 106 Å². The zero-order chi connectivity index (χ0) is 30.5. The minimum Gasteiger partial charge on any atom is -0.256 e. The SMILES string of the molecule is CC1(C)CC(C)(C)c2c1cnc1cc3c(-c4cccc5ccccc45)c4ccccc4c(-c4cccc5ccccc45)c3cc21. The van der Waals surface area contributed by atoms with Crippen LogP contribution < -0.4 is 0 Å². The largest absolute Gasteiger partial charge is 0.256 e. The lowest BCUT2D eigenvalue weighted by atomic mass is 9.80. The molecule has 0 radical (unpaired) electrons. The van der Waals surface area contributed by atoms with Crippen LogP contribution in [0, 0.1) is 0 Å². The minimum atomic E-state index is 0.0582. The van der Waals surface area contributed by atoms with Crippen molar-refractivity contribution in [3.8, 4) is 22.3 Å². The second-order valence-electron chi connectivity index (χ2n) is 14.3. The van der Waals surface area contributed by atoms with Crippen molar-refractivity contribution in [2.45, 2.75) is 44.9 Å². The van der Waals surface area contributed by atoms with E-state index in [0.29, 0.717) is 0 Å². The Labute approximate surface area is 264 Å². The maximum Gasteiger partial charge on any atom is 0.0711 e. The van der Waals surface area contributed by atoms with Crippen LogP contribution in [0.3, 0.4) is 0 Å². The summed E-state index contributed by atoms with van der Waals surface area (Å²) in [6.07, 6.45) is 3.28. The molecule has 0 saturated carbocycles. The van der Waals surface area contributed by atoms with Gasteiger partial charge in [0.2, 0.25) is 0 Å². The summed E-state index contributed by atoms with van der Waals surface area (Å²) in [6, 6.07) is 45.0. The summed E-state index contributed by atoms with van der Waals surface area (Å²) in [6.45, 7) is 9.58. The Morgan fingerprint density at radius 1 is 0.467 bits per heavy atom. The first-order valence-corrected chi connectivity index (χ1v) is 16.1. The van der Waals surface area contributed by atoms with Crippen molar-refractivity contribution in [3.63, 3.8) is 0 Å². The molecule has 0 spiro atoms. The first kappa shape index (κ1) is 26.4. The van der Waals surface area contributed by atoms with Crippen molar-refractivity contribution in [1.29, 1.82) is 0 Å². The quantitative estimate of drug-likeness (QED) is 0.186. The molecule has 0 amide bonds. The summed E-state index contributed by atoms with van der Waals surface area (Å²) < 4.78 is 0. The topological polar surface area (TPSA) is 12.9 Å². The number of benzene rings is 7. The average molecular weight is 578 g/mol. The van der Waals surface area contributed by atoms with Gasteiger partial charge in [0.05, 0.1) is 5.52 Å². The van der Waals surface area contributed by atoms with Crippen molar-refractivity contribution in [2.24, 2.45) is 0 Å². The van der Waals surface area contributed by atoms with Gasteiger partial charge < -0.3 is 0 Å². The van der Waals surface area contributed by atoms with Crippen LogP contribution in [-0.2, 0) is 10.8 Å². The Bertz CT molecular complexity index is 2500. The standard InChI is InChI=1S/C44H35N/c1-43(2)26-44(3,4)42-37-23-35-36(24-39(37)45-25-38(42)43)41(32-22-12-16-28-14-6-8-18-30(28)32)34-20-10-9-19-33(34)40(35)31-21-11-15-27-13-5-7-17-29(27)31/h5-25H,26H2,1-4H3. The molecule has 0 unspecified atom stereocenters. The predicted octanol–water partition coefficient (Wildman–Crippen LogP) is 12.1. The van der Waals surface area contributed by atoms with E-state index in [2.05, 4.69) is 155 Å². The van der Waals surface area contributed by atoms with Crippen molar-refractivity contribution in [1.82, 2.24) is 4.98 Å². The number of hydrogen-bond donors (Lipinski definition) is 0. The van der Waals surface area contributed by atoms with Crippen molar-refractivity contribution < 1.29 is 0 Å². The molecule has 7 aromatic carbocycles. The number of pyridine rings is 1. The van der Waals surface area contributed by atoms with Gasteiger partial charge in [0, 0.05) is 11.6 Å². The normalized spacial score (nSPS) is 15.4. The lowest BCUT2D eigenvalue weighted by Crippen LogP contribution is -2.18. The Balaban J connectivity index is 1.54. The molecule has 1 heteroatoms. The monoisotopic (exact) mass is 577 g/mol. The summed E-state index contributed by atoms with van der Waals surface area (Å²) >= 11 is 0. The van der Waals surface area contributed by atoms with Crippen molar-refractivity contribution in [3.05, 3.63) is 139 Å². The molecule has 1 heterocycles. The number of rotatable bonds is 2. The molecule has 0 aliphatic heterocycles. The van der Waals surface area contributed by atoms with Crippen LogP contribution in [0.25, 0.3) is 76.2 Å². The van der Waals surface area contributed by atoms with Gasteiger partial charge >= 0.3 is 0 Å². The van der Waals surface area contributed by atoms with E-state index in [1.807, 2.05) is 0 Å². The molecule has 0 N–H and O–H groups in total. The summed E-state index contributed by atoms with van der Waals surface area (Å²) in [7, 11) is 0. The van der Waals surface area contributed by atoms with E-state index in [0.717, 1.165) is 11.9 Å². The van der Waals surface area contributed by atoms with Crippen molar-refractivity contribution >= 4 is 54.0 Å². The fraction of sp³-hybridized carbons (Fsp3) is 0.159. The fourth-order valence-electron chi connectivity index (χ4n) is 8.86. The average Bonchev–Trinajstić information content (AvgIpc) is 3.25. The van der Waals surface area contributed by atoms with Gasteiger partial charge in [0.1, 0.15) is 0 Å². The molecule has 1 aliphatic carbocycles. The highest BCUT2D eigenvalue weighted by molar-refractivity contribution is 6.27. The molecule has 1 aliphatic rings. The van der Waals surface area contributed by atoms with Crippen LogP contribution >= 0.6 is 0 Å². The van der Waals surface area contributed by atoms with E-state index in [1.165, 1.54) is 81.9 Å². The van der Waals surface area contributed by atoms with E-state index in [1.54, 1.807) is 0 Å². The number of aromatic nitrogens is 1. The number of fused-ring (bicyclic) bond motifs is 7. The van der Waals surface area contributed by atoms with E-state index in [9.17, 15) is 0 Å². The van der Waals surface area contributed by atoms with Crippen LogP contribution in [0.1, 0.15) is 45.2 Å². The van der Waals surface area contributed by atoms with Gasteiger partial charge in [-0.3, -0.25) is 4.98 Å². The van der Waals surface area contributed by atoms with Gasteiger partial charge in [-0.2, -0.15) is 0 Å².